The zero-order valence-electron chi connectivity index (χ0n) is 15.3. The summed E-state index contributed by atoms with van der Waals surface area (Å²) >= 11 is 0. The van der Waals surface area contributed by atoms with E-state index in [0.29, 0.717) is 37.1 Å². The molecule has 0 bridgehead atoms. The van der Waals surface area contributed by atoms with Crippen molar-refractivity contribution in [1.29, 1.82) is 0 Å². The molecule has 142 valence electrons. The molecule has 2 aliphatic heterocycles. The lowest BCUT2D eigenvalue weighted by molar-refractivity contribution is -0.126. The van der Waals surface area contributed by atoms with E-state index in [9.17, 15) is 9.59 Å². The fourth-order valence-electron chi connectivity index (χ4n) is 3.04. The minimum absolute atomic E-state index is 0.0516. The molecule has 2 aliphatic rings. The third kappa shape index (κ3) is 4.46. The van der Waals surface area contributed by atoms with Crippen molar-refractivity contribution in [1.82, 2.24) is 5.32 Å². The van der Waals surface area contributed by atoms with Crippen molar-refractivity contribution >= 4 is 17.5 Å². The number of rotatable bonds is 8. The number of nitrogens with one attached hydrogen (secondary N) is 1. The summed E-state index contributed by atoms with van der Waals surface area (Å²) in [5.41, 5.74) is 0.733. The third-order valence-electron chi connectivity index (χ3n) is 4.38. The van der Waals surface area contributed by atoms with Gasteiger partial charge in [0.1, 0.15) is 0 Å². The summed E-state index contributed by atoms with van der Waals surface area (Å²) < 4.78 is 16.1. The highest BCUT2D eigenvalue weighted by Gasteiger charge is 2.35. The average Bonchev–Trinajstić information content (AvgIpc) is 3.23. The van der Waals surface area contributed by atoms with Gasteiger partial charge in [-0.2, -0.15) is 0 Å². The van der Waals surface area contributed by atoms with Crippen LogP contribution in [-0.4, -0.2) is 44.9 Å². The maximum atomic E-state index is 12.3. The Hall–Kier alpha value is -2.28. The van der Waals surface area contributed by atoms with Crippen molar-refractivity contribution in [3.05, 3.63) is 18.2 Å². The van der Waals surface area contributed by atoms with Crippen LogP contribution >= 0.6 is 0 Å². The van der Waals surface area contributed by atoms with E-state index < -0.39 is 0 Å². The Kier molecular flexibility index (Phi) is 5.98. The molecule has 1 aromatic rings. The predicted molar refractivity (Wildman–Crippen MR) is 96.3 cm³/mol. The van der Waals surface area contributed by atoms with Gasteiger partial charge in [0, 0.05) is 44.5 Å². The van der Waals surface area contributed by atoms with Gasteiger partial charge >= 0.3 is 0 Å². The summed E-state index contributed by atoms with van der Waals surface area (Å²) in [7, 11) is 0. The van der Waals surface area contributed by atoms with Crippen LogP contribution in [0.3, 0.4) is 0 Å². The van der Waals surface area contributed by atoms with Crippen molar-refractivity contribution in [3.63, 3.8) is 0 Å². The summed E-state index contributed by atoms with van der Waals surface area (Å²) in [6.45, 7) is 6.70. The van der Waals surface area contributed by atoms with Crippen molar-refractivity contribution in [2.45, 2.75) is 26.7 Å². The van der Waals surface area contributed by atoms with Crippen LogP contribution in [0.2, 0.25) is 0 Å². The quantitative estimate of drug-likeness (QED) is 0.715. The highest BCUT2D eigenvalue weighted by Crippen LogP contribution is 2.37. The number of anilines is 1. The first-order valence-electron chi connectivity index (χ1n) is 9.10. The van der Waals surface area contributed by atoms with Gasteiger partial charge in [-0.05, 0) is 24.5 Å². The van der Waals surface area contributed by atoms with Crippen LogP contribution in [0.25, 0.3) is 0 Å². The molecule has 0 aromatic heterocycles. The van der Waals surface area contributed by atoms with Crippen LogP contribution in [0, 0.1) is 11.8 Å². The summed E-state index contributed by atoms with van der Waals surface area (Å²) in [4.78, 5) is 26.3. The topological polar surface area (TPSA) is 77.1 Å². The van der Waals surface area contributed by atoms with E-state index in [2.05, 4.69) is 19.2 Å². The molecule has 1 saturated heterocycles. The SMILES string of the molecule is CC(C)COCCCNC(=O)C1CC(=O)N(c2ccc3c(c2)OCO3)C1. The van der Waals surface area contributed by atoms with Crippen LogP contribution in [0.5, 0.6) is 11.5 Å². The molecule has 1 aromatic carbocycles. The van der Waals surface area contributed by atoms with Crippen molar-refractivity contribution in [3.8, 4) is 11.5 Å². The zero-order chi connectivity index (χ0) is 18.5. The Morgan fingerprint density at radius 1 is 1.35 bits per heavy atom. The molecule has 1 unspecified atom stereocenters. The Morgan fingerprint density at radius 2 is 2.15 bits per heavy atom. The molecule has 3 rings (SSSR count). The summed E-state index contributed by atoms with van der Waals surface area (Å²) in [6, 6.07) is 5.39. The van der Waals surface area contributed by atoms with Gasteiger partial charge in [-0.1, -0.05) is 13.8 Å². The van der Waals surface area contributed by atoms with Crippen LogP contribution in [0.4, 0.5) is 5.69 Å². The molecule has 1 fully saturated rings. The standard InChI is InChI=1S/C19H26N2O5/c1-13(2)11-24-7-3-6-20-19(23)14-8-18(22)21(10-14)15-4-5-16-17(9-15)26-12-25-16/h4-5,9,13-14H,3,6-8,10-12H2,1-2H3,(H,20,23). The van der Waals surface area contributed by atoms with E-state index in [-0.39, 0.29) is 30.9 Å². The lowest BCUT2D eigenvalue weighted by Crippen LogP contribution is -2.33. The normalized spacial score (nSPS) is 18.7. The molecule has 7 heteroatoms. The second-order valence-corrected chi connectivity index (χ2v) is 7.06. The molecule has 0 saturated carbocycles. The molecular weight excluding hydrogens is 336 g/mol. The van der Waals surface area contributed by atoms with Gasteiger partial charge in [-0.25, -0.2) is 0 Å². The van der Waals surface area contributed by atoms with E-state index in [4.69, 9.17) is 14.2 Å². The number of nitrogens with zero attached hydrogens (tertiary/aromatic N) is 1. The lowest BCUT2D eigenvalue weighted by Gasteiger charge is -2.17. The number of benzene rings is 1. The van der Waals surface area contributed by atoms with E-state index in [1.807, 2.05) is 6.07 Å². The molecule has 0 radical (unpaired) electrons. The Bertz CT molecular complexity index is 661. The molecule has 0 spiro atoms. The van der Waals surface area contributed by atoms with Crippen LogP contribution in [-0.2, 0) is 14.3 Å². The summed E-state index contributed by atoms with van der Waals surface area (Å²) in [5, 5.41) is 2.90. The minimum atomic E-state index is -0.329. The lowest BCUT2D eigenvalue weighted by atomic mass is 10.1. The fourth-order valence-corrected chi connectivity index (χ4v) is 3.04. The van der Waals surface area contributed by atoms with Crippen LogP contribution in [0.15, 0.2) is 18.2 Å². The van der Waals surface area contributed by atoms with Gasteiger partial charge in [0.25, 0.3) is 0 Å². The Labute approximate surface area is 153 Å². The first kappa shape index (κ1) is 18.5. The maximum Gasteiger partial charge on any atom is 0.231 e. The highest BCUT2D eigenvalue weighted by molar-refractivity contribution is 6.00. The largest absolute Gasteiger partial charge is 0.454 e. The average molecular weight is 362 g/mol. The number of fused-ring (bicyclic) bond motifs is 1. The minimum Gasteiger partial charge on any atom is -0.454 e. The molecule has 0 aliphatic carbocycles. The smallest absolute Gasteiger partial charge is 0.231 e. The number of carbonyl (C=O) groups is 2. The monoisotopic (exact) mass is 362 g/mol. The van der Waals surface area contributed by atoms with Gasteiger partial charge in [0.05, 0.1) is 5.92 Å². The molecular formula is C19H26N2O5. The molecule has 1 atom stereocenters. The fraction of sp³-hybridized carbons (Fsp3) is 0.579. The van der Waals surface area contributed by atoms with Crippen molar-refractivity contribution < 1.29 is 23.8 Å². The number of hydrogen-bond acceptors (Lipinski definition) is 5. The maximum absolute atomic E-state index is 12.3. The third-order valence-corrected chi connectivity index (χ3v) is 4.38. The number of amides is 2. The van der Waals surface area contributed by atoms with Gasteiger partial charge in [-0.15, -0.1) is 0 Å². The van der Waals surface area contributed by atoms with Gasteiger partial charge in [-0.3, -0.25) is 9.59 Å². The van der Waals surface area contributed by atoms with Crippen molar-refractivity contribution in [2.24, 2.45) is 11.8 Å². The zero-order valence-corrected chi connectivity index (χ0v) is 15.3. The summed E-state index contributed by atoms with van der Waals surface area (Å²) in [6.07, 6.45) is 0.995. The molecule has 26 heavy (non-hydrogen) atoms. The summed E-state index contributed by atoms with van der Waals surface area (Å²) in [5.74, 6) is 1.36. The molecule has 7 nitrogen and oxygen atoms in total. The van der Waals surface area contributed by atoms with Crippen LogP contribution in [0.1, 0.15) is 26.7 Å². The predicted octanol–water partition coefficient (Wildman–Crippen LogP) is 1.95. The number of hydrogen-bond donors (Lipinski definition) is 1. The van der Waals surface area contributed by atoms with E-state index >= 15 is 0 Å². The van der Waals surface area contributed by atoms with Gasteiger partial charge in [0.15, 0.2) is 11.5 Å². The van der Waals surface area contributed by atoms with Crippen LogP contribution < -0.4 is 19.7 Å². The molecule has 2 amide bonds. The van der Waals surface area contributed by atoms with Crippen molar-refractivity contribution in [2.75, 3.05) is 38.0 Å². The first-order chi connectivity index (χ1) is 12.5. The Morgan fingerprint density at radius 3 is 2.96 bits per heavy atom. The second-order valence-electron chi connectivity index (χ2n) is 7.06. The van der Waals surface area contributed by atoms with Gasteiger partial charge < -0.3 is 24.4 Å². The number of ether oxygens (including phenoxy) is 3. The Balaban J connectivity index is 1.46. The number of carbonyl (C=O) groups excluding carboxylic acids is 2. The molecule has 1 N–H and O–H groups in total. The molecule has 2 heterocycles. The van der Waals surface area contributed by atoms with E-state index in [1.54, 1.807) is 17.0 Å². The van der Waals surface area contributed by atoms with E-state index in [0.717, 1.165) is 18.7 Å². The van der Waals surface area contributed by atoms with E-state index in [1.165, 1.54) is 0 Å². The first-order valence-corrected chi connectivity index (χ1v) is 9.10. The highest BCUT2D eigenvalue weighted by atomic mass is 16.7. The van der Waals surface area contributed by atoms with Gasteiger partial charge in [0.2, 0.25) is 18.6 Å². The second kappa shape index (κ2) is 8.40.